The number of fused-ring (bicyclic) bond motifs is 2. The number of benzene rings is 2. The lowest BCUT2D eigenvalue weighted by molar-refractivity contribution is -0.137. The molecule has 0 aliphatic carbocycles. The van der Waals surface area contributed by atoms with Crippen LogP contribution in [-0.4, -0.2) is 19.5 Å². The Morgan fingerprint density at radius 3 is 2.68 bits per heavy atom. The zero-order valence-electron chi connectivity index (χ0n) is 17.5. The summed E-state index contributed by atoms with van der Waals surface area (Å²) in [6, 6.07) is 10.9. The van der Waals surface area contributed by atoms with Gasteiger partial charge in [-0.15, -0.1) is 11.3 Å². The Hall–Kier alpha value is -3.50. The predicted molar refractivity (Wildman–Crippen MR) is 127 cm³/mol. The maximum Gasteiger partial charge on any atom is 0.416 e. The Kier molecular flexibility index (Phi) is 5.49. The standard InChI is InChI=1S/C23H15ClF3N5OS/c1-12(31-20-19-21(29-10-28-20)34-11-30-19)17-8-13-4-2-7-16(24)18(13)22(33)32(17)15-6-3-5-14(9-15)23(25,26)27/h2-12H,1H3,(H,28,29,31). The average molecular weight is 502 g/mol. The van der Waals surface area contributed by atoms with Gasteiger partial charge in [-0.05, 0) is 42.6 Å². The number of halogens is 4. The second kappa shape index (κ2) is 8.37. The highest BCUT2D eigenvalue weighted by Gasteiger charge is 2.31. The van der Waals surface area contributed by atoms with Crippen molar-refractivity contribution in [1.29, 1.82) is 0 Å². The molecule has 0 saturated heterocycles. The molecule has 34 heavy (non-hydrogen) atoms. The van der Waals surface area contributed by atoms with Crippen LogP contribution in [0.25, 0.3) is 26.8 Å². The number of nitrogens with one attached hydrogen (secondary N) is 1. The molecule has 0 bridgehead atoms. The first-order chi connectivity index (χ1) is 16.2. The van der Waals surface area contributed by atoms with Crippen LogP contribution in [-0.2, 0) is 6.18 Å². The number of hydrogen-bond donors (Lipinski definition) is 1. The molecule has 1 unspecified atom stereocenters. The van der Waals surface area contributed by atoms with Crippen LogP contribution in [0.5, 0.6) is 0 Å². The van der Waals surface area contributed by atoms with Crippen molar-refractivity contribution in [3.8, 4) is 5.69 Å². The molecule has 0 amide bonds. The highest BCUT2D eigenvalue weighted by atomic mass is 35.5. The van der Waals surface area contributed by atoms with E-state index in [0.717, 1.165) is 12.1 Å². The zero-order valence-corrected chi connectivity index (χ0v) is 19.0. The van der Waals surface area contributed by atoms with Crippen molar-refractivity contribution in [3.63, 3.8) is 0 Å². The van der Waals surface area contributed by atoms with Crippen LogP contribution in [0.2, 0.25) is 5.02 Å². The normalized spacial score (nSPS) is 12.9. The number of hydrogen-bond acceptors (Lipinski definition) is 6. The summed E-state index contributed by atoms with van der Waals surface area (Å²) in [5.74, 6) is 0.452. The van der Waals surface area contributed by atoms with E-state index in [9.17, 15) is 18.0 Å². The highest BCUT2D eigenvalue weighted by Crippen LogP contribution is 2.32. The Balaban J connectivity index is 1.73. The third-order valence-electron chi connectivity index (χ3n) is 5.39. The molecule has 3 aromatic heterocycles. The largest absolute Gasteiger partial charge is 0.416 e. The first-order valence-electron chi connectivity index (χ1n) is 10.1. The molecular formula is C23H15ClF3N5OS. The molecule has 2 aromatic carbocycles. The van der Waals surface area contributed by atoms with Gasteiger partial charge in [-0.3, -0.25) is 9.36 Å². The number of pyridine rings is 1. The van der Waals surface area contributed by atoms with Gasteiger partial charge in [0.2, 0.25) is 0 Å². The van der Waals surface area contributed by atoms with Gasteiger partial charge in [-0.25, -0.2) is 15.0 Å². The van der Waals surface area contributed by atoms with E-state index in [1.165, 1.54) is 34.4 Å². The fourth-order valence-corrected chi connectivity index (χ4v) is 4.71. The van der Waals surface area contributed by atoms with E-state index in [0.29, 0.717) is 27.2 Å². The summed E-state index contributed by atoms with van der Waals surface area (Å²) in [4.78, 5) is 27.0. The van der Waals surface area contributed by atoms with E-state index in [4.69, 9.17) is 11.6 Å². The summed E-state index contributed by atoms with van der Waals surface area (Å²) >= 11 is 7.66. The molecule has 1 N–H and O–H groups in total. The molecule has 0 fully saturated rings. The minimum absolute atomic E-state index is 0.0757. The summed E-state index contributed by atoms with van der Waals surface area (Å²) in [5.41, 5.74) is 1.34. The molecular weight excluding hydrogens is 487 g/mol. The monoisotopic (exact) mass is 501 g/mol. The highest BCUT2D eigenvalue weighted by molar-refractivity contribution is 7.16. The third-order valence-corrected chi connectivity index (χ3v) is 6.44. The van der Waals surface area contributed by atoms with Crippen LogP contribution in [0.4, 0.5) is 19.0 Å². The van der Waals surface area contributed by atoms with Gasteiger partial charge in [-0.1, -0.05) is 29.8 Å². The summed E-state index contributed by atoms with van der Waals surface area (Å²) in [6.45, 7) is 1.79. The van der Waals surface area contributed by atoms with Crippen molar-refractivity contribution in [2.45, 2.75) is 19.1 Å². The van der Waals surface area contributed by atoms with Crippen LogP contribution in [0.1, 0.15) is 24.2 Å². The lowest BCUT2D eigenvalue weighted by Gasteiger charge is -2.22. The lowest BCUT2D eigenvalue weighted by atomic mass is 10.1. The third kappa shape index (κ3) is 3.88. The van der Waals surface area contributed by atoms with Gasteiger partial charge in [0.1, 0.15) is 16.7 Å². The number of thiazole rings is 1. The topological polar surface area (TPSA) is 72.7 Å². The average Bonchev–Trinajstić information content (AvgIpc) is 3.28. The van der Waals surface area contributed by atoms with Gasteiger partial charge in [-0.2, -0.15) is 13.2 Å². The molecule has 6 nitrogen and oxygen atoms in total. The smallest absolute Gasteiger partial charge is 0.360 e. The SMILES string of the molecule is CC(Nc1ncnc2scnc12)c1cc2cccc(Cl)c2c(=O)n1-c1cccc(C(F)(F)F)c1. The Morgan fingerprint density at radius 1 is 1.09 bits per heavy atom. The van der Waals surface area contributed by atoms with Crippen molar-refractivity contribution < 1.29 is 13.2 Å². The van der Waals surface area contributed by atoms with Crippen LogP contribution in [0.15, 0.2) is 65.2 Å². The predicted octanol–water partition coefficient (Wildman–Crippen LogP) is 6.24. The summed E-state index contributed by atoms with van der Waals surface area (Å²) in [5, 5.41) is 4.24. The molecule has 1 atom stereocenters. The van der Waals surface area contributed by atoms with E-state index >= 15 is 0 Å². The van der Waals surface area contributed by atoms with Gasteiger partial charge in [0, 0.05) is 11.4 Å². The minimum Gasteiger partial charge on any atom is -0.360 e. The second-order valence-electron chi connectivity index (χ2n) is 7.56. The Morgan fingerprint density at radius 2 is 1.88 bits per heavy atom. The number of anilines is 1. The fraction of sp³-hybridized carbons (Fsp3) is 0.130. The molecule has 0 aliphatic heterocycles. The molecule has 0 radical (unpaired) electrons. The van der Waals surface area contributed by atoms with Crippen molar-refractivity contribution in [2.24, 2.45) is 0 Å². The zero-order chi connectivity index (χ0) is 24.0. The van der Waals surface area contributed by atoms with Crippen LogP contribution >= 0.6 is 22.9 Å². The molecule has 172 valence electrons. The van der Waals surface area contributed by atoms with E-state index in [-0.39, 0.29) is 16.1 Å². The van der Waals surface area contributed by atoms with Crippen LogP contribution < -0.4 is 10.9 Å². The molecule has 5 rings (SSSR count). The maximum atomic E-state index is 13.6. The molecule has 5 aromatic rings. The van der Waals surface area contributed by atoms with E-state index in [1.807, 2.05) is 0 Å². The lowest BCUT2D eigenvalue weighted by Crippen LogP contribution is -2.26. The second-order valence-corrected chi connectivity index (χ2v) is 8.80. The van der Waals surface area contributed by atoms with Gasteiger partial charge in [0.15, 0.2) is 5.82 Å². The molecule has 3 heterocycles. The molecule has 0 spiro atoms. The summed E-state index contributed by atoms with van der Waals surface area (Å²) in [7, 11) is 0. The molecule has 0 aliphatic rings. The summed E-state index contributed by atoms with van der Waals surface area (Å²) in [6.07, 6.45) is -3.16. The number of rotatable bonds is 4. The summed E-state index contributed by atoms with van der Waals surface area (Å²) < 4.78 is 41.5. The first kappa shape index (κ1) is 22.3. The van der Waals surface area contributed by atoms with E-state index < -0.39 is 23.3 Å². The van der Waals surface area contributed by atoms with Crippen LogP contribution in [0.3, 0.4) is 0 Å². The number of nitrogens with zero attached hydrogens (tertiary/aromatic N) is 4. The first-order valence-corrected chi connectivity index (χ1v) is 11.3. The molecule has 0 saturated carbocycles. The number of aromatic nitrogens is 4. The van der Waals surface area contributed by atoms with Crippen molar-refractivity contribution >= 4 is 49.9 Å². The van der Waals surface area contributed by atoms with Crippen molar-refractivity contribution in [2.75, 3.05) is 5.32 Å². The molecule has 11 heteroatoms. The van der Waals surface area contributed by atoms with Crippen LogP contribution in [0, 0.1) is 0 Å². The van der Waals surface area contributed by atoms with Gasteiger partial charge < -0.3 is 5.32 Å². The Labute approximate surface area is 199 Å². The maximum absolute atomic E-state index is 13.6. The van der Waals surface area contributed by atoms with Gasteiger partial charge >= 0.3 is 6.18 Å². The van der Waals surface area contributed by atoms with Gasteiger partial charge in [0.05, 0.1) is 27.5 Å². The minimum atomic E-state index is -4.56. The fourth-order valence-electron chi connectivity index (χ4n) is 3.82. The number of alkyl halides is 3. The quantitative estimate of drug-likeness (QED) is 0.316. The van der Waals surface area contributed by atoms with E-state index in [1.54, 1.807) is 36.7 Å². The van der Waals surface area contributed by atoms with Crippen molar-refractivity contribution in [3.05, 3.63) is 87.0 Å². The Bertz CT molecular complexity index is 1600. The van der Waals surface area contributed by atoms with Crippen molar-refractivity contribution in [1.82, 2.24) is 19.5 Å². The van der Waals surface area contributed by atoms with Gasteiger partial charge in [0.25, 0.3) is 5.56 Å². The van der Waals surface area contributed by atoms with E-state index in [2.05, 4.69) is 20.3 Å².